The van der Waals surface area contributed by atoms with E-state index in [1.165, 1.54) is 18.2 Å². The van der Waals surface area contributed by atoms with Crippen LogP contribution in [0, 0.1) is 10.1 Å². The van der Waals surface area contributed by atoms with E-state index in [0.29, 0.717) is 24.5 Å². The summed E-state index contributed by atoms with van der Waals surface area (Å²) in [6, 6.07) is 5.77. The van der Waals surface area contributed by atoms with E-state index in [1.807, 2.05) is 6.92 Å². The Labute approximate surface area is 117 Å². The monoisotopic (exact) mass is 284 g/mol. The number of benzene rings is 1. The summed E-state index contributed by atoms with van der Waals surface area (Å²) in [5.41, 5.74) is 0.252. The molecule has 5 nitrogen and oxygen atoms in total. The van der Waals surface area contributed by atoms with Crippen molar-refractivity contribution in [3.8, 4) is 0 Å². The number of carbonyl (C=O) groups excluding carboxylic acids is 1. The molecule has 104 valence electrons. The number of unbranched alkanes of at least 4 members (excludes halogenated alkanes) is 1. The summed E-state index contributed by atoms with van der Waals surface area (Å²) in [5, 5.41) is 10.7. The van der Waals surface area contributed by atoms with Crippen molar-refractivity contribution in [2.24, 2.45) is 0 Å². The maximum Gasteiger partial charge on any atom is 0.270 e. The van der Waals surface area contributed by atoms with Crippen LogP contribution in [0.3, 0.4) is 0 Å². The molecule has 0 saturated heterocycles. The SMILES string of the molecule is CCCCN(CCCl)C(=O)c1cccc([N+](=O)[O-])c1. The van der Waals surface area contributed by atoms with E-state index in [-0.39, 0.29) is 11.6 Å². The highest BCUT2D eigenvalue weighted by Crippen LogP contribution is 2.15. The predicted molar refractivity (Wildman–Crippen MR) is 74.6 cm³/mol. The molecule has 0 aliphatic heterocycles. The molecule has 0 bridgehead atoms. The van der Waals surface area contributed by atoms with Gasteiger partial charge in [0.05, 0.1) is 4.92 Å². The normalized spacial score (nSPS) is 10.2. The van der Waals surface area contributed by atoms with Crippen LogP contribution in [0.5, 0.6) is 0 Å². The van der Waals surface area contributed by atoms with Gasteiger partial charge in [0, 0.05) is 36.7 Å². The van der Waals surface area contributed by atoms with Gasteiger partial charge in [-0.2, -0.15) is 0 Å². The lowest BCUT2D eigenvalue weighted by atomic mass is 10.1. The fraction of sp³-hybridized carbons (Fsp3) is 0.462. The van der Waals surface area contributed by atoms with E-state index < -0.39 is 4.92 Å². The molecular weight excluding hydrogens is 268 g/mol. The molecule has 0 aliphatic rings. The number of halogens is 1. The molecule has 19 heavy (non-hydrogen) atoms. The number of nitro benzene ring substituents is 1. The second-order valence-electron chi connectivity index (χ2n) is 4.14. The van der Waals surface area contributed by atoms with Gasteiger partial charge in [0.25, 0.3) is 11.6 Å². The summed E-state index contributed by atoms with van der Waals surface area (Å²) in [7, 11) is 0. The molecule has 0 N–H and O–H groups in total. The number of nitrogens with zero attached hydrogens (tertiary/aromatic N) is 2. The Morgan fingerprint density at radius 2 is 2.16 bits per heavy atom. The predicted octanol–water partition coefficient (Wildman–Crippen LogP) is 3.08. The Kier molecular flexibility index (Phi) is 6.29. The minimum absolute atomic E-state index is 0.0767. The lowest BCUT2D eigenvalue weighted by Crippen LogP contribution is -2.33. The van der Waals surface area contributed by atoms with E-state index in [2.05, 4.69) is 0 Å². The standard InChI is InChI=1S/C13H17ClN2O3/c1-2-3-8-15(9-7-14)13(17)11-5-4-6-12(10-11)16(18)19/h4-6,10H,2-3,7-9H2,1H3. The van der Waals surface area contributed by atoms with Crippen molar-refractivity contribution in [2.45, 2.75) is 19.8 Å². The van der Waals surface area contributed by atoms with Crippen LogP contribution in [-0.4, -0.2) is 34.7 Å². The van der Waals surface area contributed by atoms with E-state index in [1.54, 1.807) is 11.0 Å². The van der Waals surface area contributed by atoms with Crippen LogP contribution in [0.1, 0.15) is 30.1 Å². The van der Waals surface area contributed by atoms with E-state index in [0.717, 1.165) is 12.8 Å². The summed E-state index contributed by atoms with van der Waals surface area (Å²) in [4.78, 5) is 24.1. The molecule has 0 aromatic heterocycles. The van der Waals surface area contributed by atoms with Crippen LogP contribution in [0.4, 0.5) is 5.69 Å². The first-order chi connectivity index (χ1) is 9.10. The van der Waals surface area contributed by atoms with Gasteiger partial charge >= 0.3 is 0 Å². The number of carbonyl (C=O) groups is 1. The molecule has 0 spiro atoms. The van der Waals surface area contributed by atoms with Gasteiger partial charge in [-0.3, -0.25) is 14.9 Å². The lowest BCUT2D eigenvalue weighted by molar-refractivity contribution is -0.384. The number of rotatable bonds is 7. The highest BCUT2D eigenvalue weighted by molar-refractivity contribution is 6.18. The minimum Gasteiger partial charge on any atom is -0.337 e. The van der Waals surface area contributed by atoms with Gasteiger partial charge < -0.3 is 4.90 Å². The van der Waals surface area contributed by atoms with Gasteiger partial charge in [-0.25, -0.2) is 0 Å². The van der Waals surface area contributed by atoms with Crippen molar-refractivity contribution in [2.75, 3.05) is 19.0 Å². The zero-order chi connectivity index (χ0) is 14.3. The average molecular weight is 285 g/mol. The van der Waals surface area contributed by atoms with Gasteiger partial charge in [-0.05, 0) is 12.5 Å². The fourth-order valence-corrected chi connectivity index (χ4v) is 1.91. The summed E-state index contributed by atoms with van der Waals surface area (Å²) in [6.45, 7) is 3.10. The molecule has 0 heterocycles. The zero-order valence-corrected chi connectivity index (χ0v) is 11.6. The second kappa shape index (κ2) is 7.74. The number of amides is 1. The van der Waals surface area contributed by atoms with Crippen LogP contribution in [0.2, 0.25) is 0 Å². The first kappa shape index (κ1) is 15.4. The van der Waals surface area contributed by atoms with Crippen molar-refractivity contribution >= 4 is 23.2 Å². The highest BCUT2D eigenvalue weighted by atomic mass is 35.5. The number of hydrogen-bond donors (Lipinski definition) is 0. The molecule has 1 rings (SSSR count). The molecule has 0 radical (unpaired) electrons. The molecule has 0 aliphatic carbocycles. The average Bonchev–Trinajstić information content (AvgIpc) is 2.42. The maximum absolute atomic E-state index is 12.3. The number of non-ortho nitro benzene ring substituents is 1. The van der Waals surface area contributed by atoms with Crippen LogP contribution >= 0.6 is 11.6 Å². The number of alkyl halides is 1. The third-order valence-electron chi connectivity index (χ3n) is 2.73. The Bertz CT molecular complexity index is 451. The van der Waals surface area contributed by atoms with Gasteiger partial charge in [-0.15, -0.1) is 11.6 Å². The molecule has 6 heteroatoms. The van der Waals surface area contributed by atoms with E-state index >= 15 is 0 Å². The molecule has 0 unspecified atom stereocenters. The topological polar surface area (TPSA) is 63.5 Å². The maximum atomic E-state index is 12.3. The Morgan fingerprint density at radius 1 is 1.42 bits per heavy atom. The molecule has 0 fully saturated rings. The third-order valence-corrected chi connectivity index (χ3v) is 2.90. The third kappa shape index (κ3) is 4.52. The molecule has 0 saturated carbocycles. The second-order valence-corrected chi connectivity index (χ2v) is 4.52. The zero-order valence-electron chi connectivity index (χ0n) is 10.8. The van der Waals surface area contributed by atoms with Crippen molar-refractivity contribution < 1.29 is 9.72 Å². The Morgan fingerprint density at radius 3 is 2.74 bits per heavy atom. The lowest BCUT2D eigenvalue weighted by Gasteiger charge is -2.21. The number of hydrogen-bond acceptors (Lipinski definition) is 3. The van der Waals surface area contributed by atoms with Gasteiger partial charge in [0.2, 0.25) is 0 Å². The quantitative estimate of drug-likeness (QED) is 0.439. The summed E-state index contributed by atoms with van der Waals surface area (Å²) >= 11 is 5.69. The van der Waals surface area contributed by atoms with Crippen LogP contribution < -0.4 is 0 Å². The van der Waals surface area contributed by atoms with Crippen molar-refractivity contribution in [1.29, 1.82) is 0 Å². The smallest absolute Gasteiger partial charge is 0.270 e. The minimum atomic E-state index is -0.505. The fourth-order valence-electron chi connectivity index (χ4n) is 1.70. The van der Waals surface area contributed by atoms with Crippen molar-refractivity contribution in [3.05, 3.63) is 39.9 Å². The largest absolute Gasteiger partial charge is 0.337 e. The first-order valence-corrected chi connectivity index (χ1v) is 6.73. The van der Waals surface area contributed by atoms with Crippen molar-refractivity contribution in [1.82, 2.24) is 4.90 Å². The van der Waals surface area contributed by atoms with Gasteiger partial charge in [0.15, 0.2) is 0 Å². The Balaban J connectivity index is 2.88. The molecule has 1 aromatic carbocycles. The molecular formula is C13H17ClN2O3. The van der Waals surface area contributed by atoms with Crippen LogP contribution in [0.15, 0.2) is 24.3 Å². The molecule has 1 amide bonds. The van der Waals surface area contributed by atoms with Gasteiger partial charge in [-0.1, -0.05) is 19.4 Å². The van der Waals surface area contributed by atoms with E-state index in [9.17, 15) is 14.9 Å². The first-order valence-electron chi connectivity index (χ1n) is 6.19. The molecule has 0 atom stereocenters. The summed E-state index contributed by atoms with van der Waals surface area (Å²) < 4.78 is 0. The van der Waals surface area contributed by atoms with Crippen molar-refractivity contribution in [3.63, 3.8) is 0 Å². The van der Waals surface area contributed by atoms with Crippen LogP contribution in [-0.2, 0) is 0 Å². The summed E-state index contributed by atoms with van der Waals surface area (Å²) in [5.74, 6) is 0.141. The number of nitro groups is 1. The highest BCUT2D eigenvalue weighted by Gasteiger charge is 2.17. The summed E-state index contributed by atoms with van der Waals surface area (Å²) in [6.07, 6.45) is 1.86. The Hall–Kier alpha value is -1.62. The molecule has 1 aromatic rings. The van der Waals surface area contributed by atoms with E-state index in [4.69, 9.17) is 11.6 Å². The van der Waals surface area contributed by atoms with Gasteiger partial charge in [0.1, 0.15) is 0 Å². The van der Waals surface area contributed by atoms with Crippen LogP contribution in [0.25, 0.3) is 0 Å².